The first kappa shape index (κ1) is 10.1. The molecule has 0 atom stereocenters. The maximum absolute atomic E-state index is 9.85. The van der Waals surface area contributed by atoms with Crippen LogP contribution in [-0.4, -0.2) is 16.4 Å². The van der Waals surface area contributed by atoms with Gasteiger partial charge in [0, 0.05) is 18.9 Å². The highest BCUT2D eigenvalue weighted by Gasteiger charge is 1.89. The molecule has 0 amide bonds. The SMILES string of the molecule is C=CN1C=CC=CC1.O=c1[nH]cco1. The monoisotopic (exact) mass is 192 g/mol. The summed E-state index contributed by atoms with van der Waals surface area (Å²) >= 11 is 0. The number of hydrogen-bond acceptors (Lipinski definition) is 3. The topological polar surface area (TPSA) is 49.2 Å². The Labute approximate surface area is 81.9 Å². The Balaban J connectivity index is 0.000000146. The fourth-order valence-corrected chi connectivity index (χ4v) is 0.850. The summed E-state index contributed by atoms with van der Waals surface area (Å²) in [4.78, 5) is 14.1. The second-order valence-electron chi connectivity index (χ2n) is 2.50. The summed E-state index contributed by atoms with van der Waals surface area (Å²) in [6.07, 6.45) is 12.6. The zero-order chi connectivity index (χ0) is 10.2. The summed E-state index contributed by atoms with van der Waals surface area (Å²) in [5, 5.41) is 0. The quantitative estimate of drug-likeness (QED) is 0.733. The fraction of sp³-hybridized carbons (Fsp3) is 0.100. The lowest BCUT2D eigenvalue weighted by atomic mass is 10.4. The van der Waals surface area contributed by atoms with Crippen LogP contribution in [-0.2, 0) is 0 Å². The van der Waals surface area contributed by atoms with Crippen LogP contribution in [0.15, 0.2) is 58.9 Å². The molecule has 0 aromatic carbocycles. The summed E-state index contributed by atoms with van der Waals surface area (Å²) in [6, 6.07) is 0. The molecule has 0 fully saturated rings. The predicted octanol–water partition coefficient (Wildman–Crippen LogP) is 1.48. The summed E-state index contributed by atoms with van der Waals surface area (Å²) in [7, 11) is 0. The maximum Gasteiger partial charge on any atom is 0.416 e. The molecule has 1 aliphatic rings. The van der Waals surface area contributed by atoms with Crippen LogP contribution < -0.4 is 5.76 Å². The normalized spacial score (nSPS) is 13.3. The van der Waals surface area contributed by atoms with Crippen molar-refractivity contribution >= 4 is 0 Å². The van der Waals surface area contributed by atoms with Gasteiger partial charge >= 0.3 is 5.76 Å². The standard InChI is InChI=1S/C7H9N.C3H3NO2/c1-2-8-6-4-3-5-7-8;5-3-4-1-2-6-3/h2-6H,1,7H2;1-2H,(H,4,5). The van der Waals surface area contributed by atoms with Gasteiger partial charge in [-0.3, -0.25) is 4.98 Å². The third kappa shape index (κ3) is 3.62. The van der Waals surface area contributed by atoms with Crippen molar-refractivity contribution in [1.82, 2.24) is 9.88 Å². The largest absolute Gasteiger partial charge is 0.417 e. The molecule has 4 nitrogen and oxygen atoms in total. The molecule has 0 radical (unpaired) electrons. The van der Waals surface area contributed by atoms with Crippen LogP contribution >= 0.6 is 0 Å². The van der Waals surface area contributed by atoms with E-state index in [9.17, 15) is 4.79 Å². The smallest absolute Gasteiger partial charge is 0.416 e. The van der Waals surface area contributed by atoms with Crippen molar-refractivity contribution in [2.24, 2.45) is 0 Å². The fourth-order valence-electron chi connectivity index (χ4n) is 0.850. The number of aromatic nitrogens is 1. The van der Waals surface area contributed by atoms with E-state index in [2.05, 4.69) is 22.1 Å². The third-order valence-corrected chi connectivity index (χ3v) is 1.52. The van der Waals surface area contributed by atoms with Crippen molar-refractivity contribution in [1.29, 1.82) is 0 Å². The van der Waals surface area contributed by atoms with Gasteiger partial charge in [-0.1, -0.05) is 18.7 Å². The highest BCUT2D eigenvalue weighted by molar-refractivity contribution is 5.10. The van der Waals surface area contributed by atoms with Crippen LogP contribution in [0.25, 0.3) is 0 Å². The second-order valence-corrected chi connectivity index (χ2v) is 2.50. The van der Waals surface area contributed by atoms with Crippen molar-refractivity contribution in [2.45, 2.75) is 0 Å². The summed E-state index contributed by atoms with van der Waals surface area (Å²) in [6.45, 7) is 4.58. The first-order valence-electron chi connectivity index (χ1n) is 4.17. The van der Waals surface area contributed by atoms with E-state index in [4.69, 9.17) is 0 Å². The van der Waals surface area contributed by atoms with Gasteiger partial charge in [-0.05, 0) is 12.3 Å². The highest BCUT2D eigenvalue weighted by atomic mass is 16.4. The van der Waals surface area contributed by atoms with Crippen LogP contribution in [0.2, 0.25) is 0 Å². The van der Waals surface area contributed by atoms with Gasteiger partial charge < -0.3 is 9.32 Å². The molecule has 0 saturated carbocycles. The molecule has 2 rings (SSSR count). The van der Waals surface area contributed by atoms with Crippen LogP contribution in [0.1, 0.15) is 0 Å². The van der Waals surface area contributed by atoms with Crippen molar-refractivity contribution < 1.29 is 4.42 Å². The van der Waals surface area contributed by atoms with E-state index in [1.165, 1.54) is 12.5 Å². The zero-order valence-electron chi connectivity index (χ0n) is 7.72. The van der Waals surface area contributed by atoms with Gasteiger partial charge in [0.25, 0.3) is 0 Å². The van der Waals surface area contributed by atoms with Crippen molar-refractivity contribution in [2.75, 3.05) is 6.54 Å². The molecule has 0 spiro atoms. The van der Waals surface area contributed by atoms with Crippen LogP contribution in [0.5, 0.6) is 0 Å². The molecule has 1 aliphatic heterocycles. The third-order valence-electron chi connectivity index (χ3n) is 1.52. The first-order valence-corrected chi connectivity index (χ1v) is 4.17. The average Bonchev–Trinajstić information content (AvgIpc) is 2.71. The molecule has 14 heavy (non-hydrogen) atoms. The molecule has 0 bridgehead atoms. The lowest BCUT2D eigenvalue weighted by molar-refractivity contribution is 0.515. The molecule has 0 unspecified atom stereocenters. The summed E-state index contributed by atoms with van der Waals surface area (Å²) in [5.74, 6) is -0.407. The molecular weight excluding hydrogens is 180 g/mol. The van der Waals surface area contributed by atoms with E-state index in [1.807, 2.05) is 23.3 Å². The van der Waals surface area contributed by atoms with E-state index in [0.29, 0.717) is 0 Å². The van der Waals surface area contributed by atoms with Crippen LogP contribution in [0.4, 0.5) is 0 Å². The lowest BCUT2D eigenvalue weighted by Gasteiger charge is -2.13. The molecule has 4 heteroatoms. The van der Waals surface area contributed by atoms with E-state index in [-0.39, 0.29) is 0 Å². The van der Waals surface area contributed by atoms with Gasteiger partial charge in [0.2, 0.25) is 0 Å². The van der Waals surface area contributed by atoms with Crippen LogP contribution in [0.3, 0.4) is 0 Å². The number of nitrogens with one attached hydrogen (secondary N) is 1. The Kier molecular flexibility index (Phi) is 4.07. The lowest BCUT2D eigenvalue weighted by Crippen LogP contribution is -2.09. The average molecular weight is 192 g/mol. The first-order chi connectivity index (χ1) is 6.83. The molecule has 0 saturated heterocycles. The number of allylic oxidation sites excluding steroid dienone is 2. The van der Waals surface area contributed by atoms with Crippen molar-refractivity contribution in [3.63, 3.8) is 0 Å². The Morgan fingerprint density at radius 3 is 2.71 bits per heavy atom. The van der Waals surface area contributed by atoms with E-state index < -0.39 is 5.76 Å². The molecule has 1 aromatic rings. The van der Waals surface area contributed by atoms with Gasteiger partial charge in [-0.15, -0.1) is 0 Å². The van der Waals surface area contributed by atoms with Gasteiger partial charge in [0.1, 0.15) is 6.26 Å². The Hall–Kier alpha value is -1.97. The Morgan fingerprint density at radius 1 is 1.57 bits per heavy atom. The van der Waals surface area contributed by atoms with E-state index in [1.54, 1.807) is 6.20 Å². The number of H-pyrrole nitrogens is 1. The van der Waals surface area contributed by atoms with Gasteiger partial charge in [0.15, 0.2) is 0 Å². The zero-order valence-corrected chi connectivity index (χ0v) is 7.72. The molecular formula is C10H12N2O2. The Bertz CT molecular complexity index is 357. The van der Waals surface area contributed by atoms with Gasteiger partial charge in [-0.2, -0.15) is 0 Å². The van der Waals surface area contributed by atoms with Crippen molar-refractivity contribution in [3.05, 3.63) is 60.2 Å². The minimum Gasteiger partial charge on any atom is -0.417 e. The van der Waals surface area contributed by atoms with Gasteiger partial charge in [0.05, 0.1) is 0 Å². The minimum atomic E-state index is -0.407. The summed E-state index contributed by atoms with van der Waals surface area (Å²) in [5.41, 5.74) is 0. The second kappa shape index (κ2) is 5.64. The number of hydrogen-bond donors (Lipinski definition) is 1. The highest BCUT2D eigenvalue weighted by Crippen LogP contribution is 1.96. The predicted molar refractivity (Wildman–Crippen MR) is 54.5 cm³/mol. The van der Waals surface area contributed by atoms with E-state index in [0.717, 1.165) is 6.54 Å². The number of nitrogens with zero attached hydrogens (tertiary/aromatic N) is 1. The Morgan fingerprint density at radius 2 is 2.43 bits per heavy atom. The van der Waals surface area contributed by atoms with Crippen LogP contribution in [0, 0.1) is 0 Å². The molecule has 1 aromatic heterocycles. The van der Waals surface area contributed by atoms with Crippen molar-refractivity contribution in [3.8, 4) is 0 Å². The molecule has 2 heterocycles. The number of oxazole rings is 1. The molecule has 1 N–H and O–H groups in total. The molecule has 74 valence electrons. The number of aromatic amines is 1. The van der Waals surface area contributed by atoms with E-state index >= 15 is 0 Å². The maximum atomic E-state index is 9.85. The molecule has 0 aliphatic carbocycles. The number of rotatable bonds is 1. The minimum absolute atomic E-state index is 0.407. The summed E-state index contributed by atoms with van der Waals surface area (Å²) < 4.78 is 4.22. The van der Waals surface area contributed by atoms with Gasteiger partial charge in [-0.25, -0.2) is 4.79 Å².